The predicted molar refractivity (Wildman–Crippen MR) is 45.2 cm³/mol. The number of aliphatic hydroxyl groups is 1. The van der Waals surface area contributed by atoms with Crippen LogP contribution in [0.3, 0.4) is 0 Å². The fourth-order valence-corrected chi connectivity index (χ4v) is 0.801. The van der Waals surface area contributed by atoms with Crippen molar-refractivity contribution in [1.82, 2.24) is 0 Å². The topological polar surface area (TPSA) is 29.5 Å². The van der Waals surface area contributed by atoms with E-state index in [1.54, 1.807) is 0 Å². The maximum Gasteiger partial charge on any atom is 0.107 e. The molecule has 1 N–H and O–H groups in total. The first kappa shape index (κ1) is 10.5. The van der Waals surface area contributed by atoms with E-state index in [1.165, 1.54) is 0 Å². The van der Waals surface area contributed by atoms with Crippen LogP contribution in [-0.4, -0.2) is 24.9 Å². The highest BCUT2D eigenvalue weighted by molar-refractivity contribution is 4.82. The Labute approximate surface area is 68.6 Å². The predicted octanol–water partition coefficient (Wildman–Crippen LogP) is 1.19. The molecule has 0 unspecified atom stereocenters. The van der Waals surface area contributed by atoms with Crippen molar-refractivity contribution < 1.29 is 9.84 Å². The van der Waals surface area contributed by atoms with E-state index in [1.807, 2.05) is 0 Å². The first-order chi connectivity index (χ1) is 5.41. The summed E-state index contributed by atoms with van der Waals surface area (Å²) in [5.41, 5.74) is 0. The Morgan fingerprint density at radius 3 is 2.55 bits per heavy atom. The van der Waals surface area contributed by atoms with E-state index in [0.717, 1.165) is 32.3 Å². The van der Waals surface area contributed by atoms with Gasteiger partial charge in [-0.15, -0.1) is 6.42 Å². The van der Waals surface area contributed by atoms with Crippen LogP contribution in [0.2, 0.25) is 0 Å². The van der Waals surface area contributed by atoms with Crippen molar-refractivity contribution in [1.29, 1.82) is 0 Å². The van der Waals surface area contributed by atoms with Crippen LogP contribution in [0.1, 0.15) is 25.7 Å². The fraction of sp³-hybridized carbons (Fsp3) is 0.778. The monoisotopic (exact) mass is 156 g/mol. The largest absolute Gasteiger partial charge is 0.396 e. The Kier molecular flexibility index (Phi) is 9.03. The zero-order valence-electron chi connectivity index (χ0n) is 6.88. The Morgan fingerprint density at radius 1 is 1.18 bits per heavy atom. The van der Waals surface area contributed by atoms with Gasteiger partial charge in [-0.2, -0.15) is 0 Å². The highest BCUT2D eigenvalue weighted by atomic mass is 16.5. The number of hydrogen-bond acceptors (Lipinski definition) is 2. The van der Waals surface area contributed by atoms with Gasteiger partial charge in [-0.25, -0.2) is 0 Å². The van der Waals surface area contributed by atoms with Gasteiger partial charge in [-0.1, -0.05) is 18.8 Å². The maximum absolute atomic E-state index is 8.45. The second-order valence-corrected chi connectivity index (χ2v) is 2.39. The van der Waals surface area contributed by atoms with Gasteiger partial charge in [0.25, 0.3) is 0 Å². The molecule has 64 valence electrons. The first-order valence-corrected chi connectivity index (χ1v) is 4.04. The molecule has 0 saturated carbocycles. The minimum atomic E-state index is 0.297. The summed E-state index contributed by atoms with van der Waals surface area (Å²) in [4.78, 5) is 0. The molecule has 0 radical (unpaired) electrons. The fourth-order valence-electron chi connectivity index (χ4n) is 0.801. The van der Waals surface area contributed by atoms with Crippen LogP contribution >= 0.6 is 0 Å². The lowest BCUT2D eigenvalue weighted by molar-refractivity contribution is 0.161. The third kappa shape index (κ3) is 9.48. The normalized spacial score (nSPS) is 9.45. The summed E-state index contributed by atoms with van der Waals surface area (Å²) in [6.45, 7) is 1.46. The summed E-state index contributed by atoms with van der Waals surface area (Å²) >= 11 is 0. The summed E-state index contributed by atoms with van der Waals surface area (Å²) in [5, 5.41) is 8.45. The zero-order chi connectivity index (χ0) is 8.36. The smallest absolute Gasteiger partial charge is 0.107 e. The molecule has 2 nitrogen and oxygen atoms in total. The molecule has 0 aliphatic rings. The van der Waals surface area contributed by atoms with Crippen molar-refractivity contribution in [3.05, 3.63) is 0 Å². The number of ether oxygens (including phenoxy) is 1. The molecular formula is C9H16O2. The van der Waals surface area contributed by atoms with Crippen molar-refractivity contribution in [2.75, 3.05) is 19.8 Å². The van der Waals surface area contributed by atoms with Crippen LogP contribution in [0.4, 0.5) is 0 Å². The molecule has 0 atom stereocenters. The van der Waals surface area contributed by atoms with Gasteiger partial charge in [-0.3, -0.25) is 0 Å². The molecule has 0 aromatic rings. The molecule has 0 rings (SSSR count). The van der Waals surface area contributed by atoms with E-state index in [-0.39, 0.29) is 0 Å². The first-order valence-electron chi connectivity index (χ1n) is 4.04. The molecule has 11 heavy (non-hydrogen) atoms. The summed E-state index contributed by atoms with van der Waals surface area (Å²) < 4.78 is 5.06. The Morgan fingerprint density at radius 2 is 1.91 bits per heavy atom. The highest BCUT2D eigenvalue weighted by Gasteiger charge is 1.88. The zero-order valence-corrected chi connectivity index (χ0v) is 6.88. The summed E-state index contributed by atoms with van der Waals surface area (Å²) in [5.74, 6) is 2.41. The van der Waals surface area contributed by atoms with Gasteiger partial charge in [0.05, 0.1) is 0 Å². The maximum atomic E-state index is 8.45. The second kappa shape index (κ2) is 9.48. The number of terminal acetylenes is 1. The van der Waals surface area contributed by atoms with Gasteiger partial charge in [0, 0.05) is 13.2 Å². The van der Waals surface area contributed by atoms with Crippen LogP contribution in [0.25, 0.3) is 0 Å². The minimum absolute atomic E-state index is 0.297. The molecule has 0 aromatic carbocycles. The third-order valence-electron chi connectivity index (χ3n) is 1.38. The van der Waals surface area contributed by atoms with Crippen LogP contribution < -0.4 is 0 Å². The molecular weight excluding hydrogens is 140 g/mol. The van der Waals surface area contributed by atoms with Crippen molar-refractivity contribution in [2.24, 2.45) is 0 Å². The summed E-state index contributed by atoms with van der Waals surface area (Å²) in [6.07, 6.45) is 9.12. The molecule has 0 aliphatic heterocycles. The van der Waals surface area contributed by atoms with E-state index in [0.29, 0.717) is 13.2 Å². The van der Waals surface area contributed by atoms with Gasteiger partial charge < -0.3 is 9.84 Å². The molecule has 0 spiro atoms. The molecule has 2 heteroatoms. The molecule has 0 aromatic heterocycles. The van der Waals surface area contributed by atoms with Crippen molar-refractivity contribution in [2.45, 2.75) is 25.7 Å². The molecule has 0 heterocycles. The number of unbranched alkanes of at least 4 members (excludes halogenated alkanes) is 3. The highest BCUT2D eigenvalue weighted by Crippen LogP contribution is 1.98. The van der Waals surface area contributed by atoms with Gasteiger partial charge in [0.15, 0.2) is 0 Å². The van der Waals surface area contributed by atoms with Gasteiger partial charge >= 0.3 is 0 Å². The van der Waals surface area contributed by atoms with Crippen molar-refractivity contribution in [3.8, 4) is 12.3 Å². The summed E-state index contributed by atoms with van der Waals surface area (Å²) in [7, 11) is 0. The lowest BCUT2D eigenvalue weighted by Gasteiger charge is -1.99. The van der Waals surface area contributed by atoms with Crippen molar-refractivity contribution in [3.63, 3.8) is 0 Å². The van der Waals surface area contributed by atoms with Crippen LogP contribution in [0, 0.1) is 12.3 Å². The van der Waals surface area contributed by atoms with Crippen LogP contribution in [0.5, 0.6) is 0 Å². The molecule has 0 saturated heterocycles. The van der Waals surface area contributed by atoms with Crippen molar-refractivity contribution >= 4 is 0 Å². The van der Waals surface area contributed by atoms with Crippen LogP contribution in [0.15, 0.2) is 0 Å². The van der Waals surface area contributed by atoms with Gasteiger partial charge in [-0.05, 0) is 12.8 Å². The number of rotatable bonds is 7. The van der Waals surface area contributed by atoms with Gasteiger partial charge in [0.1, 0.15) is 6.61 Å². The molecule has 0 fully saturated rings. The van der Waals surface area contributed by atoms with E-state index < -0.39 is 0 Å². The van der Waals surface area contributed by atoms with E-state index >= 15 is 0 Å². The molecule has 0 amide bonds. The van der Waals surface area contributed by atoms with E-state index in [4.69, 9.17) is 16.3 Å². The third-order valence-corrected chi connectivity index (χ3v) is 1.38. The lowest BCUT2D eigenvalue weighted by Crippen LogP contribution is -1.94. The standard InChI is InChI=1S/C9H16O2/c1-2-8-11-9-6-4-3-5-7-10/h1,10H,3-9H2. The number of aliphatic hydroxyl groups excluding tert-OH is 1. The van der Waals surface area contributed by atoms with Gasteiger partial charge in [0.2, 0.25) is 0 Å². The Bertz CT molecular complexity index is 105. The second-order valence-electron chi connectivity index (χ2n) is 2.39. The van der Waals surface area contributed by atoms with Crippen LogP contribution in [-0.2, 0) is 4.74 Å². The summed E-state index contributed by atoms with van der Waals surface area (Å²) in [6, 6.07) is 0. The Balaban J connectivity index is 2.75. The van der Waals surface area contributed by atoms with E-state index in [2.05, 4.69) is 5.92 Å². The minimum Gasteiger partial charge on any atom is -0.396 e. The lowest BCUT2D eigenvalue weighted by atomic mass is 10.2. The quantitative estimate of drug-likeness (QED) is 0.443. The van der Waals surface area contributed by atoms with E-state index in [9.17, 15) is 0 Å². The SMILES string of the molecule is C#CCOCCCCCCO. The average Bonchev–Trinajstić information content (AvgIpc) is 2.03. The average molecular weight is 156 g/mol. The Hall–Kier alpha value is -0.520. The molecule has 0 aliphatic carbocycles. The molecule has 0 bridgehead atoms. The number of hydrogen-bond donors (Lipinski definition) is 1.